The third kappa shape index (κ3) is 3.41. The molecule has 0 amide bonds. The predicted octanol–water partition coefficient (Wildman–Crippen LogP) is 2.60. The molecule has 3 aromatic rings. The Balaban J connectivity index is 2.39. The van der Waals surface area contributed by atoms with Crippen molar-refractivity contribution in [3.63, 3.8) is 0 Å². The van der Waals surface area contributed by atoms with E-state index in [4.69, 9.17) is 5.73 Å². The zero-order valence-electron chi connectivity index (χ0n) is 14.6. The molecule has 0 saturated heterocycles. The highest BCUT2D eigenvalue weighted by molar-refractivity contribution is 6.09. The van der Waals surface area contributed by atoms with Crippen molar-refractivity contribution in [3.05, 3.63) is 80.1 Å². The minimum atomic E-state index is -1.62. The van der Waals surface area contributed by atoms with Crippen molar-refractivity contribution in [2.24, 2.45) is 0 Å². The average Bonchev–Trinajstić information content (AvgIpc) is 2.66. The number of carboxylic acids is 2. The number of hydrogen-bond donors (Lipinski definition) is 4. The second kappa shape index (κ2) is 7.27. The standard InChI is InChI=1S/C19H13N3O7/c20-16-14(18(24)25)13(15(19(26)27)17(23)21-16)12-4-2-1-3-11(12)9-5-7-10(8-6-9)22(28)29/h1-8H,(H,24,25)(H,26,27)(H3,20,21,23). The van der Waals surface area contributed by atoms with E-state index in [1.165, 1.54) is 30.3 Å². The van der Waals surface area contributed by atoms with Crippen molar-refractivity contribution in [2.75, 3.05) is 5.73 Å². The van der Waals surface area contributed by atoms with E-state index in [-0.39, 0.29) is 16.8 Å². The van der Waals surface area contributed by atoms with Gasteiger partial charge < -0.3 is 20.9 Å². The first-order chi connectivity index (χ1) is 13.7. The molecule has 10 nitrogen and oxygen atoms in total. The van der Waals surface area contributed by atoms with Gasteiger partial charge in [-0.1, -0.05) is 24.3 Å². The second-order valence-electron chi connectivity index (χ2n) is 5.95. The topological polar surface area (TPSA) is 177 Å². The summed E-state index contributed by atoms with van der Waals surface area (Å²) in [6, 6.07) is 11.6. The van der Waals surface area contributed by atoms with Crippen LogP contribution in [0.1, 0.15) is 20.7 Å². The number of nitrogens with one attached hydrogen (secondary N) is 1. The highest BCUT2D eigenvalue weighted by Crippen LogP contribution is 2.37. The minimum Gasteiger partial charge on any atom is -0.478 e. The summed E-state index contributed by atoms with van der Waals surface area (Å²) in [6.45, 7) is 0. The second-order valence-corrected chi connectivity index (χ2v) is 5.95. The van der Waals surface area contributed by atoms with Crippen LogP contribution < -0.4 is 11.3 Å². The Hall–Kier alpha value is -4.47. The van der Waals surface area contributed by atoms with Crippen LogP contribution in [0.15, 0.2) is 53.3 Å². The molecule has 146 valence electrons. The third-order valence-corrected chi connectivity index (χ3v) is 4.26. The van der Waals surface area contributed by atoms with Crippen LogP contribution in [0.25, 0.3) is 22.3 Å². The summed E-state index contributed by atoms with van der Waals surface area (Å²) in [6.07, 6.45) is 0. The number of hydrogen-bond acceptors (Lipinski definition) is 6. The molecule has 1 aromatic heterocycles. The van der Waals surface area contributed by atoms with Crippen LogP contribution in [-0.2, 0) is 0 Å². The van der Waals surface area contributed by atoms with E-state index >= 15 is 0 Å². The number of nitro benzene ring substituents is 1. The molecule has 29 heavy (non-hydrogen) atoms. The molecule has 5 N–H and O–H groups in total. The van der Waals surface area contributed by atoms with Crippen LogP contribution in [-0.4, -0.2) is 32.1 Å². The Morgan fingerprint density at radius 3 is 2.00 bits per heavy atom. The number of aromatic nitrogens is 1. The number of nitrogens with two attached hydrogens (primary N) is 1. The zero-order chi connectivity index (χ0) is 21.3. The number of non-ortho nitro benzene ring substituents is 1. The molecule has 0 saturated carbocycles. The van der Waals surface area contributed by atoms with Gasteiger partial charge in [0.1, 0.15) is 16.9 Å². The van der Waals surface area contributed by atoms with E-state index in [9.17, 15) is 34.7 Å². The summed E-state index contributed by atoms with van der Waals surface area (Å²) < 4.78 is 0. The molecule has 0 aliphatic rings. The number of nitro groups is 1. The Morgan fingerprint density at radius 1 is 0.931 bits per heavy atom. The molecular weight excluding hydrogens is 382 g/mol. The number of pyridine rings is 1. The fourth-order valence-corrected chi connectivity index (χ4v) is 3.03. The van der Waals surface area contributed by atoms with Gasteiger partial charge in [-0.25, -0.2) is 9.59 Å². The number of nitrogens with zero attached hydrogens (tertiary/aromatic N) is 1. The first kappa shape index (κ1) is 19.3. The monoisotopic (exact) mass is 395 g/mol. The molecule has 0 unspecified atom stereocenters. The van der Waals surface area contributed by atoms with Crippen LogP contribution in [0.2, 0.25) is 0 Å². The molecule has 0 fully saturated rings. The first-order valence-electron chi connectivity index (χ1n) is 8.09. The van der Waals surface area contributed by atoms with E-state index in [1.54, 1.807) is 18.2 Å². The fourth-order valence-electron chi connectivity index (χ4n) is 3.03. The lowest BCUT2D eigenvalue weighted by atomic mass is 9.89. The van der Waals surface area contributed by atoms with E-state index < -0.39 is 39.4 Å². The Kier molecular flexibility index (Phi) is 4.84. The van der Waals surface area contributed by atoms with E-state index in [0.717, 1.165) is 0 Å². The lowest BCUT2D eigenvalue weighted by Gasteiger charge is -2.15. The molecule has 3 rings (SSSR count). The minimum absolute atomic E-state index is 0.133. The number of aromatic carboxylic acids is 2. The first-order valence-corrected chi connectivity index (χ1v) is 8.09. The molecule has 0 aliphatic carbocycles. The van der Waals surface area contributed by atoms with Crippen molar-refractivity contribution in [3.8, 4) is 22.3 Å². The average molecular weight is 395 g/mol. The van der Waals surface area contributed by atoms with Crippen LogP contribution in [0, 0.1) is 10.1 Å². The summed E-state index contributed by atoms with van der Waals surface area (Å²) in [5.41, 5.74) is 3.75. The van der Waals surface area contributed by atoms with Gasteiger partial charge in [0.15, 0.2) is 0 Å². The fraction of sp³-hybridized carbons (Fsp3) is 0. The van der Waals surface area contributed by atoms with Gasteiger partial charge in [0.05, 0.1) is 4.92 Å². The highest BCUT2D eigenvalue weighted by atomic mass is 16.6. The number of benzene rings is 2. The Morgan fingerprint density at radius 2 is 1.48 bits per heavy atom. The molecule has 0 aliphatic heterocycles. The van der Waals surface area contributed by atoms with Gasteiger partial charge >= 0.3 is 11.9 Å². The maximum Gasteiger partial charge on any atom is 0.342 e. The van der Waals surface area contributed by atoms with Crippen LogP contribution >= 0.6 is 0 Å². The molecule has 10 heteroatoms. The molecule has 0 atom stereocenters. The zero-order valence-corrected chi connectivity index (χ0v) is 14.6. The summed E-state index contributed by atoms with van der Waals surface area (Å²) in [5, 5.41) is 30.0. The third-order valence-electron chi connectivity index (χ3n) is 4.26. The van der Waals surface area contributed by atoms with Gasteiger partial charge in [-0.15, -0.1) is 0 Å². The van der Waals surface area contributed by atoms with E-state index in [2.05, 4.69) is 0 Å². The van der Waals surface area contributed by atoms with E-state index in [1.807, 2.05) is 4.98 Å². The molecule has 1 heterocycles. The summed E-state index contributed by atoms with van der Waals surface area (Å²) >= 11 is 0. The van der Waals surface area contributed by atoms with Gasteiger partial charge in [0.2, 0.25) is 0 Å². The number of rotatable bonds is 5. The lowest BCUT2D eigenvalue weighted by molar-refractivity contribution is -0.384. The quantitative estimate of drug-likeness (QED) is 0.376. The number of H-pyrrole nitrogens is 1. The Labute approximate surface area is 162 Å². The maximum absolute atomic E-state index is 12.2. The van der Waals surface area contributed by atoms with Crippen molar-refractivity contribution in [1.29, 1.82) is 0 Å². The molecular formula is C19H13N3O7. The molecule has 0 bridgehead atoms. The number of nitrogen functional groups attached to an aromatic ring is 1. The number of aromatic amines is 1. The smallest absolute Gasteiger partial charge is 0.342 e. The number of carbonyl (C=O) groups is 2. The molecule has 2 aromatic carbocycles. The van der Waals surface area contributed by atoms with Crippen LogP contribution in [0.4, 0.5) is 11.5 Å². The normalized spacial score (nSPS) is 10.5. The molecule has 0 radical (unpaired) electrons. The van der Waals surface area contributed by atoms with Crippen molar-refractivity contribution >= 4 is 23.4 Å². The lowest BCUT2D eigenvalue weighted by Crippen LogP contribution is -2.24. The van der Waals surface area contributed by atoms with Crippen molar-refractivity contribution in [1.82, 2.24) is 4.98 Å². The number of anilines is 1. The van der Waals surface area contributed by atoms with Gasteiger partial charge in [-0.3, -0.25) is 14.9 Å². The Bertz CT molecular complexity index is 1210. The summed E-state index contributed by atoms with van der Waals surface area (Å²) in [4.78, 5) is 48.1. The largest absolute Gasteiger partial charge is 0.478 e. The highest BCUT2D eigenvalue weighted by Gasteiger charge is 2.28. The number of carboxylic acid groups (broad SMARTS) is 2. The van der Waals surface area contributed by atoms with Crippen molar-refractivity contribution < 1.29 is 24.7 Å². The summed E-state index contributed by atoms with van der Waals surface area (Å²) in [5.74, 6) is -3.63. The van der Waals surface area contributed by atoms with Crippen molar-refractivity contribution in [2.45, 2.75) is 0 Å². The molecule has 0 spiro atoms. The SMILES string of the molecule is Nc1[nH]c(=O)c(C(=O)O)c(-c2ccccc2-c2ccc([N+](=O)[O-])cc2)c1C(=O)O. The van der Waals surface area contributed by atoms with Gasteiger partial charge in [0, 0.05) is 17.7 Å². The maximum atomic E-state index is 12.2. The summed E-state index contributed by atoms with van der Waals surface area (Å²) in [7, 11) is 0. The van der Waals surface area contributed by atoms with Gasteiger partial charge in [-0.05, 0) is 28.8 Å². The predicted molar refractivity (Wildman–Crippen MR) is 103 cm³/mol. The van der Waals surface area contributed by atoms with Crippen LogP contribution in [0.3, 0.4) is 0 Å². The van der Waals surface area contributed by atoms with Gasteiger partial charge in [-0.2, -0.15) is 0 Å². The van der Waals surface area contributed by atoms with Gasteiger partial charge in [0.25, 0.3) is 11.2 Å². The van der Waals surface area contributed by atoms with E-state index in [0.29, 0.717) is 11.1 Å². The van der Waals surface area contributed by atoms with Crippen LogP contribution in [0.5, 0.6) is 0 Å².